The number of benzene rings is 1. The predicted octanol–water partition coefficient (Wildman–Crippen LogP) is 4.25. The Labute approximate surface area is 104 Å². The molecule has 1 nitrogen and oxygen atoms in total. The molecule has 1 aliphatic rings. The Bertz CT molecular complexity index is 377. The van der Waals surface area contributed by atoms with Gasteiger partial charge >= 0.3 is 0 Å². The molecule has 1 aliphatic carbocycles. The molecular formula is C16H22O. The summed E-state index contributed by atoms with van der Waals surface area (Å²) in [4.78, 5) is 11.8. The number of carbonyl (C=O) groups is 1. The molecule has 1 fully saturated rings. The molecule has 1 saturated carbocycles. The Morgan fingerprint density at radius 2 is 1.71 bits per heavy atom. The maximum atomic E-state index is 11.8. The van der Waals surface area contributed by atoms with Crippen LogP contribution in [-0.2, 0) is 4.79 Å². The molecule has 0 N–H and O–H groups in total. The van der Waals surface area contributed by atoms with Crippen molar-refractivity contribution < 1.29 is 4.79 Å². The fourth-order valence-corrected chi connectivity index (χ4v) is 3.01. The van der Waals surface area contributed by atoms with Gasteiger partial charge in [0.25, 0.3) is 0 Å². The van der Waals surface area contributed by atoms with Crippen molar-refractivity contribution in [2.24, 2.45) is 5.92 Å². The van der Waals surface area contributed by atoms with Crippen molar-refractivity contribution in [3.63, 3.8) is 0 Å². The van der Waals surface area contributed by atoms with Gasteiger partial charge in [0, 0.05) is 5.92 Å². The number of ketones is 1. The fourth-order valence-electron chi connectivity index (χ4n) is 3.01. The Balaban J connectivity index is 2.25. The lowest BCUT2D eigenvalue weighted by atomic mass is 9.80. The second-order valence-electron chi connectivity index (χ2n) is 5.37. The number of aryl methyl sites for hydroxylation is 1. The highest BCUT2D eigenvalue weighted by molar-refractivity contribution is 5.79. The summed E-state index contributed by atoms with van der Waals surface area (Å²) in [6, 6.07) is 8.75. The molecular weight excluding hydrogens is 208 g/mol. The van der Waals surface area contributed by atoms with Crippen LogP contribution in [0.1, 0.15) is 56.1 Å². The quantitative estimate of drug-likeness (QED) is 0.694. The van der Waals surface area contributed by atoms with Crippen LogP contribution in [0.15, 0.2) is 24.3 Å². The Morgan fingerprint density at radius 1 is 1.06 bits per heavy atom. The zero-order valence-electron chi connectivity index (χ0n) is 10.9. The Morgan fingerprint density at radius 3 is 2.35 bits per heavy atom. The summed E-state index contributed by atoms with van der Waals surface area (Å²) < 4.78 is 0. The first-order valence-electron chi connectivity index (χ1n) is 6.75. The average molecular weight is 230 g/mol. The Kier molecular flexibility index (Phi) is 3.98. The predicted molar refractivity (Wildman–Crippen MR) is 71.2 cm³/mol. The largest absolute Gasteiger partial charge is 0.300 e. The van der Waals surface area contributed by atoms with Crippen molar-refractivity contribution in [2.45, 2.75) is 51.9 Å². The summed E-state index contributed by atoms with van der Waals surface area (Å²) >= 11 is 0. The molecule has 1 aromatic rings. The molecule has 2 rings (SSSR count). The minimum Gasteiger partial charge on any atom is -0.300 e. The van der Waals surface area contributed by atoms with E-state index in [2.05, 4.69) is 31.2 Å². The highest BCUT2D eigenvalue weighted by atomic mass is 16.1. The van der Waals surface area contributed by atoms with Crippen molar-refractivity contribution >= 4 is 5.78 Å². The molecule has 0 heterocycles. The first-order chi connectivity index (χ1) is 8.18. The van der Waals surface area contributed by atoms with E-state index in [4.69, 9.17) is 0 Å². The van der Waals surface area contributed by atoms with E-state index in [0.717, 1.165) is 6.42 Å². The van der Waals surface area contributed by atoms with E-state index < -0.39 is 0 Å². The van der Waals surface area contributed by atoms with Crippen LogP contribution in [0.3, 0.4) is 0 Å². The lowest BCUT2D eigenvalue weighted by molar-refractivity contribution is -0.121. The first kappa shape index (κ1) is 12.3. The van der Waals surface area contributed by atoms with Crippen LogP contribution in [0.25, 0.3) is 0 Å². The Hall–Kier alpha value is -1.11. The summed E-state index contributed by atoms with van der Waals surface area (Å²) in [6.45, 7) is 3.87. The number of rotatable bonds is 2. The summed E-state index contributed by atoms with van der Waals surface area (Å²) in [5.41, 5.74) is 2.65. The van der Waals surface area contributed by atoms with E-state index in [1.807, 2.05) is 0 Å². The van der Waals surface area contributed by atoms with E-state index in [0.29, 0.717) is 11.7 Å². The van der Waals surface area contributed by atoms with Gasteiger partial charge in [-0.05, 0) is 38.2 Å². The molecule has 1 aromatic carbocycles. The second kappa shape index (κ2) is 5.48. The molecule has 0 saturated heterocycles. The van der Waals surface area contributed by atoms with Gasteiger partial charge in [-0.2, -0.15) is 0 Å². The third-order valence-electron chi connectivity index (χ3n) is 4.04. The maximum Gasteiger partial charge on any atom is 0.133 e. The van der Waals surface area contributed by atoms with Crippen LogP contribution in [0.4, 0.5) is 0 Å². The van der Waals surface area contributed by atoms with E-state index in [9.17, 15) is 4.79 Å². The first-order valence-corrected chi connectivity index (χ1v) is 6.75. The maximum absolute atomic E-state index is 11.8. The summed E-state index contributed by atoms with van der Waals surface area (Å²) in [6.07, 6.45) is 6.02. The summed E-state index contributed by atoms with van der Waals surface area (Å²) in [5, 5.41) is 0. The summed E-state index contributed by atoms with van der Waals surface area (Å²) in [7, 11) is 0. The van der Waals surface area contributed by atoms with Gasteiger partial charge in [-0.3, -0.25) is 4.79 Å². The number of Topliss-reactive ketones (excluding diaryl/α,β-unsaturated/α-hetero) is 1. The van der Waals surface area contributed by atoms with Crippen LogP contribution in [-0.4, -0.2) is 5.78 Å². The lowest BCUT2D eigenvalue weighted by Crippen LogP contribution is -2.19. The second-order valence-corrected chi connectivity index (χ2v) is 5.37. The van der Waals surface area contributed by atoms with Crippen molar-refractivity contribution in [1.82, 2.24) is 0 Å². The highest BCUT2D eigenvalue weighted by Gasteiger charge is 2.28. The number of carbonyl (C=O) groups excluding carboxylic acids is 1. The zero-order valence-corrected chi connectivity index (χ0v) is 10.9. The van der Waals surface area contributed by atoms with Crippen molar-refractivity contribution in [2.75, 3.05) is 0 Å². The minimum absolute atomic E-state index is 0.250. The molecule has 0 spiro atoms. The molecule has 0 aromatic heterocycles. The third kappa shape index (κ3) is 2.96. The van der Waals surface area contributed by atoms with Gasteiger partial charge in [0.05, 0.1) is 0 Å². The van der Waals surface area contributed by atoms with E-state index in [1.54, 1.807) is 6.92 Å². The van der Waals surface area contributed by atoms with Crippen LogP contribution in [0.5, 0.6) is 0 Å². The van der Waals surface area contributed by atoms with Crippen LogP contribution in [0, 0.1) is 12.8 Å². The van der Waals surface area contributed by atoms with Gasteiger partial charge in [-0.25, -0.2) is 0 Å². The normalized spacial score (nSPS) is 25.3. The topological polar surface area (TPSA) is 17.1 Å². The van der Waals surface area contributed by atoms with E-state index >= 15 is 0 Å². The molecule has 1 heteroatoms. The van der Waals surface area contributed by atoms with Gasteiger partial charge in [0.15, 0.2) is 0 Å². The minimum atomic E-state index is 0.250. The molecule has 92 valence electrons. The van der Waals surface area contributed by atoms with Gasteiger partial charge in [0.2, 0.25) is 0 Å². The van der Waals surface area contributed by atoms with Gasteiger partial charge in [-0.1, -0.05) is 49.1 Å². The molecule has 0 radical (unpaired) electrons. The SMILES string of the molecule is CC(=O)C1CCCCCC1c1ccc(C)cc1. The van der Waals surface area contributed by atoms with Gasteiger partial charge < -0.3 is 0 Å². The lowest BCUT2D eigenvalue weighted by Gasteiger charge is -2.23. The van der Waals surface area contributed by atoms with Crippen molar-refractivity contribution in [3.8, 4) is 0 Å². The monoisotopic (exact) mass is 230 g/mol. The number of hydrogen-bond acceptors (Lipinski definition) is 1. The van der Waals surface area contributed by atoms with Crippen molar-refractivity contribution in [1.29, 1.82) is 0 Å². The molecule has 0 bridgehead atoms. The molecule has 2 atom stereocenters. The number of hydrogen-bond donors (Lipinski definition) is 0. The van der Waals surface area contributed by atoms with E-state index in [-0.39, 0.29) is 5.92 Å². The molecule has 17 heavy (non-hydrogen) atoms. The average Bonchev–Trinajstić information content (AvgIpc) is 2.55. The zero-order chi connectivity index (χ0) is 12.3. The van der Waals surface area contributed by atoms with Crippen LogP contribution in [0.2, 0.25) is 0 Å². The van der Waals surface area contributed by atoms with E-state index in [1.165, 1.54) is 36.8 Å². The van der Waals surface area contributed by atoms with Gasteiger partial charge in [0.1, 0.15) is 5.78 Å². The molecule has 0 amide bonds. The van der Waals surface area contributed by atoms with Crippen LogP contribution >= 0.6 is 0 Å². The fraction of sp³-hybridized carbons (Fsp3) is 0.562. The van der Waals surface area contributed by atoms with Gasteiger partial charge in [-0.15, -0.1) is 0 Å². The van der Waals surface area contributed by atoms with Crippen molar-refractivity contribution in [3.05, 3.63) is 35.4 Å². The highest BCUT2D eigenvalue weighted by Crippen LogP contribution is 2.37. The summed E-state index contributed by atoms with van der Waals surface area (Å²) in [5.74, 6) is 1.08. The third-order valence-corrected chi connectivity index (χ3v) is 4.04. The standard InChI is InChI=1S/C16H22O/c1-12-8-10-14(11-9-12)16-7-5-3-4-6-15(16)13(2)17/h8-11,15-16H,3-7H2,1-2H3. The smallest absolute Gasteiger partial charge is 0.133 e. The van der Waals surface area contributed by atoms with Crippen LogP contribution < -0.4 is 0 Å². The molecule has 0 aliphatic heterocycles. The molecule has 2 unspecified atom stereocenters.